The summed E-state index contributed by atoms with van der Waals surface area (Å²) in [5.74, 6) is 0.398. The van der Waals surface area contributed by atoms with Gasteiger partial charge in [-0.25, -0.2) is 4.79 Å². The van der Waals surface area contributed by atoms with Crippen LogP contribution in [0, 0.1) is 12.8 Å². The lowest BCUT2D eigenvalue weighted by atomic mass is 10.0. The van der Waals surface area contributed by atoms with E-state index in [0.717, 1.165) is 11.4 Å². The largest absolute Gasteiger partial charge is 0.380 e. The fourth-order valence-corrected chi connectivity index (χ4v) is 2.22. The first-order chi connectivity index (χ1) is 11.0. The molecule has 0 aliphatic heterocycles. The Morgan fingerprint density at radius 1 is 0.957 bits per heavy atom. The molecular formula is C19H25N3O. The summed E-state index contributed by atoms with van der Waals surface area (Å²) >= 11 is 0. The average molecular weight is 311 g/mol. The standard InChI is InChI=1S/C19H25N3O/c1-14(2)18(21-16-7-5-4-6-8-16)13-20-19(23)22-17-11-9-15(3)10-12-17/h4-12,14,18,21H,13H2,1-3H3,(H2,20,22,23)/t18-/m1/s1. The predicted molar refractivity (Wildman–Crippen MR) is 96.9 cm³/mol. The van der Waals surface area contributed by atoms with Crippen LogP contribution >= 0.6 is 0 Å². The van der Waals surface area contributed by atoms with E-state index >= 15 is 0 Å². The molecule has 3 N–H and O–H groups in total. The summed E-state index contributed by atoms with van der Waals surface area (Å²) in [6, 6.07) is 17.8. The number of amides is 2. The molecule has 0 heterocycles. The average Bonchev–Trinajstić information content (AvgIpc) is 2.54. The van der Waals surface area contributed by atoms with Gasteiger partial charge in [0.05, 0.1) is 0 Å². The molecule has 2 amide bonds. The summed E-state index contributed by atoms with van der Waals surface area (Å²) < 4.78 is 0. The van der Waals surface area contributed by atoms with Gasteiger partial charge < -0.3 is 16.0 Å². The van der Waals surface area contributed by atoms with Crippen LogP contribution in [0.25, 0.3) is 0 Å². The van der Waals surface area contributed by atoms with Gasteiger partial charge in [0.1, 0.15) is 0 Å². The molecule has 4 heteroatoms. The molecule has 0 saturated heterocycles. The zero-order valence-electron chi connectivity index (χ0n) is 14.0. The first-order valence-corrected chi connectivity index (χ1v) is 7.97. The van der Waals surface area contributed by atoms with E-state index in [-0.39, 0.29) is 12.1 Å². The minimum absolute atomic E-state index is 0.168. The first-order valence-electron chi connectivity index (χ1n) is 7.97. The number of carbonyl (C=O) groups excluding carboxylic acids is 1. The van der Waals surface area contributed by atoms with Crippen molar-refractivity contribution in [3.8, 4) is 0 Å². The highest BCUT2D eigenvalue weighted by Gasteiger charge is 2.14. The molecule has 0 spiro atoms. The summed E-state index contributed by atoms with van der Waals surface area (Å²) in [4.78, 5) is 12.0. The van der Waals surface area contributed by atoms with Crippen LogP contribution in [0.5, 0.6) is 0 Å². The number of anilines is 2. The monoisotopic (exact) mass is 311 g/mol. The van der Waals surface area contributed by atoms with Gasteiger partial charge in [-0.3, -0.25) is 0 Å². The third-order valence-corrected chi connectivity index (χ3v) is 3.72. The second kappa shape index (κ2) is 8.22. The van der Waals surface area contributed by atoms with Crippen LogP contribution in [-0.2, 0) is 0 Å². The highest BCUT2D eigenvalue weighted by molar-refractivity contribution is 5.89. The van der Waals surface area contributed by atoms with Gasteiger partial charge in [0.2, 0.25) is 0 Å². The predicted octanol–water partition coefficient (Wildman–Crippen LogP) is 4.25. The number of para-hydroxylation sites is 1. The van der Waals surface area contributed by atoms with E-state index in [1.54, 1.807) is 0 Å². The molecule has 0 aliphatic carbocycles. The fraction of sp³-hybridized carbons (Fsp3) is 0.316. The summed E-state index contributed by atoms with van der Waals surface area (Å²) in [7, 11) is 0. The highest BCUT2D eigenvalue weighted by atomic mass is 16.2. The van der Waals surface area contributed by atoms with E-state index in [4.69, 9.17) is 0 Å². The first kappa shape index (κ1) is 16.9. The number of nitrogens with one attached hydrogen (secondary N) is 3. The summed E-state index contributed by atoms with van der Waals surface area (Å²) in [5, 5.41) is 9.25. The number of hydrogen-bond donors (Lipinski definition) is 3. The summed E-state index contributed by atoms with van der Waals surface area (Å²) in [6.07, 6.45) is 0. The van der Waals surface area contributed by atoms with Gasteiger partial charge in [-0.05, 0) is 37.1 Å². The van der Waals surface area contributed by atoms with Crippen molar-refractivity contribution in [1.82, 2.24) is 5.32 Å². The second-order valence-corrected chi connectivity index (χ2v) is 6.06. The van der Waals surface area contributed by atoms with Crippen molar-refractivity contribution in [3.63, 3.8) is 0 Å². The normalized spacial score (nSPS) is 11.8. The van der Waals surface area contributed by atoms with Crippen LogP contribution in [0.3, 0.4) is 0 Å². The van der Waals surface area contributed by atoms with Crippen LogP contribution in [-0.4, -0.2) is 18.6 Å². The number of rotatable bonds is 6. The Kier molecular flexibility index (Phi) is 6.03. The Morgan fingerprint density at radius 2 is 1.61 bits per heavy atom. The quantitative estimate of drug-likeness (QED) is 0.747. The molecule has 0 radical (unpaired) electrons. The molecule has 2 rings (SSSR count). The van der Waals surface area contributed by atoms with Crippen molar-refractivity contribution in [3.05, 3.63) is 60.2 Å². The smallest absolute Gasteiger partial charge is 0.319 e. The van der Waals surface area contributed by atoms with Gasteiger partial charge in [0.15, 0.2) is 0 Å². The fourth-order valence-electron chi connectivity index (χ4n) is 2.22. The van der Waals surface area contributed by atoms with Crippen molar-refractivity contribution >= 4 is 17.4 Å². The number of carbonyl (C=O) groups is 1. The molecule has 1 atom stereocenters. The maximum Gasteiger partial charge on any atom is 0.319 e. The van der Waals surface area contributed by atoms with Gasteiger partial charge in [0.25, 0.3) is 0 Å². The Bertz CT molecular complexity index is 608. The van der Waals surface area contributed by atoms with E-state index < -0.39 is 0 Å². The van der Waals surface area contributed by atoms with Crippen LogP contribution < -0.4 is 16.0 Å². The van der Waals surface area contributed by atoms with Crippen LogP contribution in [0.2, 0.25) is 0 Å². The summed E-state index contributed by atoms with van der Waals surface area (Å²) in [6.45, 7) is 6.86. The molecule has 122 valence electrons. The van der Waals surface area contributed by atoms with E-state index in [1.165, 1.54) is 5.56 Å². The molecule has 0 bridgehead atoms. The summed E-state index contributed by atoms with van der Waals surface area (Å²) in [5.41, 5.74) is 3.03. The van der Waals surface area contributed by atoms with Crippen LogP contribution in [0.1, 0.15) is 19.4 Å². The lowest BCUT2D eigenvalue weighted by Crippen LogP contribution is -2.41. The van der Waals surface area contributed by atoms with E-state index in [2.05, 4.69) is 29.8 Å². The Labute approximate surface area is 138 Å². The number of urea groups is 1. The minimum Gasteiger partial charge on any atom is -0.380 e. The molecule has 0 saturated carbocycles. The minimum atomic E-state index is -0.186. The van der Waals surface area contributed by atoms with Crippen molar-refractivity contribution in [2.75, 3.05) is 17.2 Å². The van der Waals surface area contributed by atoms with E-state index in [0.29, 0.717) is 12.5 Å². The van der Waals surface area contributed by atoms with E-state index in [1.807, 2.05) is 61.5 Å². The van der Waals surface area contributed by atoms with Gasteiger partial charge in [-0.2, -0.15) is 0 Å². The maximum absolute atomic E-state index is 12.0. The van der Waals surface area contributed by atoms with Gasteiger partial charge >= 0.3 is 6.03 Å². The SMILES string of the molecule is Cc1ccc(NC(=O)NC[C@@H](Nc2ccccc2)C(C)C)cc1. The van der Waals surface area contributed by atoms with Crippen molar-refractivity contribution in [1.29, 1.82) is 0 Å². The molecule has 2 aromatic carbocycles. The van der Waals surface area contributed by atoms with Gasteiger partial charge in [-0.15, -0.1) is 0 Å². The van der Waals surface area contributed by atoms with Crippen molar-refractivity contribution < 1.29 is 4.79 Å². The number of benzene rings is 2. The zero-order chi connectivity index (χ0) is 16.7. The molecule has 4 nitrogen and oxygen atoms in total. The number of hydrogen-bond acceptors (Lipinski definition) is 2. The zero-order valence-corrected chi connectivity index (χ0v) is 14.0. The van der Waals surface area contributed by atoms with E-state index in [9.17, 15) is 4.79 Å². The lowest BCUT2D eigenvalue weighted by Gasteiger charge is -2.24. The second-order valence-electron chi connectivity index (χ2n) is 6.06. The van der Waals surface area contributed by atoms with Crippen molar-refractivity contribution in [2.24, 2.45) is 5.92 Å². The Balaban J connectivity index is 1.85. The molecule has 23 heavy (non-hydrogen) atoms. The van der Waals surface area contributed by atoms with Crippen LogP contribution in [0.15, 0.2) is 54.6 Å². The van der Waals surface area contributed by atoms with Gasteiger partial charge in [0, 0.05) is 24.0 Å². The molecular weight excluding hydrogens is 286 g/mol. The maximum atomic E-state index is 12.0. The van der Waals surface area contributed by atoms with Crippen molar-refractivity contribution in [2.45, 2.75) is 26.8 Å². The highest BCUT2D eigenvalue weighted by Crippen LogP contribution is 2.12. The number of aryl methyl sites for hydroxylation is 1. The molecule has 2 aromatic rings. The third-order valence-electron chi connectivity index (χ3n) is 3.72. The van der Waals surface area contributed by atoms with Crippen LogP contribution in [0.4, 0.5) is 16.2 Å². The van der Waals surface area contributed by atoms with Gasteiger partial charge in [-0.1, -0.05) is 49.7 Å². The topological polar surface area (TPSA) is 53.2 Å². The Hall–Kier alpha value is -2.49. The Morgan fingerprint density at radius 3 is 2.22 bits per heavy atom. The third kappa shape index (κ3) is 5.66. The molecule has 0 fully saturated rings. The molecule has 0 aliphatic rings. The molecule has 0 aromatic heterocycles. The lowest BCUT2D eigenvalue weighted by molar-refractivity contribution is 0.251. The molecule has 0 unspecified atom stereocenters.